The van der Waals surface area contributed by atoms with Crippen LogP contribution in [0.2, 0.25) is 0 Å². The van der Waals surface area contributed by atoms with Crippen LogP contribution in [0.4, 0.5) is 0 Å². The summed E-state index contributed by atoms with van der Waals surface area (Å²) in [5.74, 6) is 0. The molecule has 2 nitrogen and oxygen atoms in total. The van der Waals surface area contributed by atoms with E-state index in [1.165, 1.54) is 0 Å². The van der Waals surface area contributed by atoms with Crippen LogP contribution in [0.25, 0.3) is 0 Å². The first kappa shape index (κ1) is 5.06. The second-order valence-electron chi connectivity index (χ2n) is 2.02. The molecule has 42 valence electrons. The maximum Gasteiger partial charge on any atom is 0.156 e. The third-order valence-corrected chi connectivity index (χ3v) is 1.34. The van der Waals surface area contributed by atoms with Gasteiger partial charge in [-0.3, -0.25) is 0 Å². The maximum absolute atomic E-state index is 7.23. The van der Waals surface area contributed by atoms with E-state index in [4.69, 9.17) is 5.11 Å². The summed E-state index contributed by atoms with van der Waals surface area (Å²) in [7, 11) is 0. The number of rotatable bonds is 0. The van der Waals surface area contributed by atoms with E-state index in [1.54, 1.807) is 0 Å². The van der Waals surface area contributed by atoms with Gasteiger partial charge in [-0.05, 0) is 0 Å². The Labute approximate surface area is 43.5 Å². The average Bonchev–Trinajstić information content (AvgIpc) is 1.69. The van der Waals surface area contributed by atoms with Gasteiger partial charge in [-0.2, -0.15) is 0 Å². The number of hydrogen-bond acceptors (Lipinski definition) is 1. The van der Waals surface area contributed by atoms with Gasteiger partial charge in [0.25, 0.3) is 0 Å². The second kappa shape index (κ2) is 2.28. The predicted octanol–water partition coefficient (Wildman–Crippen LogP) is -0.537. The Balaban J connectivity index is 2.12. The van der Waals surface area contributed by atoms with E-state index in [1.807, 2.05) is 0 Å². The highest BCUT2D eigenvalue weighted by molar-refractivity contribution is 4.65. The van der Waals surface area contributed by atoms with E-state index in [9.17, 15) is 0 Å². The molecule has 0 aliphatic carbocycles. The first-order chi connectivity index (χ1) is 3.39. The van der Waals surface area contributed by atoms with Crippen molar-refractivity contribution in [1.29, 1.82) is 0 Å². The summed E-state index contributed by atoms with van der Waals surface area (Å²) in [5, 5.41) is 10.4. The van der Waals surface area contributed by atoms with E-state index in [0.717, 1.165) is 25.9 Å². The van der Waals surface area contributed by atoms with Crippen molar-refractivity contribution in [2.75, 3.05) is 13.1 Å². The summed E-state index contributed by atoms with van der Waals surface area (Å²) in [6.07, 6.45) is 2.31. The fourth-order valence-electron chi connectivity index (χ4n) is 0.822. The molecular weight excluding hydrogens is 90.1 g/mol. The van der Waals surface area contributed by atoms with Crippen LogP contribution in [0, 0.1) is 0 Å². The Morgan fingerprint density at radius 3 is 2.14 bits per heavy atom. The Bertz CT molecular complexity index is 50.0. The van der Waals surface area contributed by atoms with Crippen molar-refractivity contribution in [2.45, 2.75) is 18.9 Å². The highest BCUT2D eigenvalue weighted by Gasteiger charge is 2.11. The summed E-state index contributed by atoms with van der Waals surface area (Å²) in [6.45, 7) is 2.10. The zero-order valence-electron chi connectivity index (χ0n) is 4.41. The molecule has 0 atom stereocenters. The van der Waals surface area contributed by atoms with Gasteiger partial charge in [0.05, 0.1) is 0 Å². The van der Waals surface area contributed by atoms with Gasteiger partial charge >= 0.3 is 0 Å². The fraction of sp³-hybridized carbons (Fsp3) is 1.00. The van der Waals surface area contributed by atoms with Crippen molar-refractivity contribution < 1.29 is 5.11 Å². The lowest BCUT2D eigenvalue weighted by molar-refractivity contribution is 0.137. The quantitative estimate of drug-likeness (QED) is 0.410. The average molecular weight is 102 g/mol. The van der Waals surface area contributed by atoms with Gasteiger partial charge in [-0.25, -0.2) is 0 Å². The summed E-state index contributed by atoms with van der Waals surface area (Å²) < 4.78 is 0. The van der Waals surface area contributed by atoms with Crippen LogP contribution in [0.5, 0.6) is 0 Å². The molecule has 1 heterocycles. The molecule has 1 aliphatic rings. The monoisotopic (exact) mass is 102 g/mol. The number of hydrogen-bond donors (Lipinski definition) is 1. The molecule has 0 aromatic carbocycles. The maximum atomic E-state index is 7.23. The lowest BCUT2D eigenvalue weighted by Crippen LogP contribution is -2.30. The molecule has 0 saturated carbocycles. The summed E-state index contributed by atoms with van der Waals surface area (Å²) in [4.78, 5) is 0. The molecule has 2 heteroatoms. The molecule has 1 aliphatic heterocycles. The molecule has 1 rings (SSSR count). The van der Waals surface area contributed by atoms with Crippen molar-refractivity contribution in [3.8, 4) is 0 Å². The second-order valence-corrected chi connectivity index (χ2v) is 2.02. The Hall–Kier alpha value is -0.0800. The molecule has 0 aromatic heterocycles. The summed E-state index contributed by atoms with van der Waals surface area (Å²) in [6, 6.07) is 0. The van der Waals surface area contributed by atoms with Crippen LogP contribution >= 0.6 is 0 Å². The Kier molecular flexibility index (Phi) is 1.65. The Morgan fingerprint density at radius 1 is 1.29 bits per heavy atom. The molecule has 0 aromatic rings. The number of piperidine rings is 1. The molecule has 3 N–H and O–H groups in total. The minimum Gasteiger partial charge on any atom is -0.443 e. The lowest BCUT2D eigenvalue weighted by atomic mass is 10.1. The topological polar surface area (TPSA) is 34.9 Å². The predicted molar refractivity (Wildman–Crippen MR) is 29.5 cm³/mol. The van der Waals surface area contributed by atoms with Crippen molar-refractivity contribution in [3.05, 3.63) is 0 Å². The minimum absolute atomic E-state index is 0.223. The molecule has 0 bridgehead atoms. The van der Waals surface area contributed by atoms with Crippen LogP contribution in [0.1, 0.15) is 12.8 Å². The zero-order valence-corrected chi connectivity index (χ0v) is 4.41. The van der Waals surface area contributed by atoms with E-state index >= 15 is 0 Å². The van der Waals surface area contributed by atoms with Gasteiger partial charge in [0.1, 0.15) is 0 Å². The third kappa shape index (κ3) is 1.45. The highest BCUT2D eigenvalue weighted by atomic mass is 16.3. The van der Waals surface area contributed by atoms with Crippen LogP contribution in [0.3, 0.4) is 0 Å². The SMILES string of the molecule is [OH2+]C1CCNCC1. The largest absolute Gasteiger partial charge is 0.443 e. The smallest absolute Gasteiger partial charge is 0.156 e. The van der Waals surface area contributed by atoms with E-state index in [2.05, 4.69) is 5.32 Å². The third-order valence-electron chi connectivity index (χ3n) is 1.34. The molecular formula is C5H12NO+. The van der Waals surface area contributed by atoms with Crippen LogP contribution in [-0.4, -0.2) is 24.3 Å². The first-order valence-electron chi connectivity index (χ1n) is 2.81. The molecule has 1 fully saturated rings. The van der Waals surface area contributed by atoms with Crippen LogP contribution in [-0.2, 0) is 0 Å². The van der Waals surface area contributed by atoms with Crippen molar-refractivity contribution in [2.24, 2.45) is 0 Å². The highest BCUT2D eigenvalue weighted by Crippen LogP contribution is 1.99. The zero-order chi connectivity index (χ0) is 5.11. The van der Waals surface area contributed by atoms with E-state index in [0.29, 0.717) is 0 Å². The standard InChI is InChI=1S/C5H11NO/c7-5-1-3-6-4-2-5/h5-7H,1-4H2/p+1. The van der Waals surface area contributed by atoms with Gasteiger partial charge in [0, 0.05) is 25.9 Å². The molecule has 0 spiro atoms. The normalized spacial score (nSPS) is 25.3. The van der Waals surface area contributed by atoms with Gasteiger partial charge in [0.15, 0.2) is 6.10 Å². The molecule has 1 saturated heterocycles. The van der Waals surface area contributed by atoms with Gasteiger partial charge < -0.3 is 10.4 Å². The van der Waals surface area contributed by atoms with Crippen LogP contribution in [0.15, 0.2) is 0 Å². The van der Waals surface area contributed by atoms with Crippen LogP contribution < -0.4 is 5.32 Å². The molecule has 0 unspecified atom stereocenters. The van der Waals surface area contributed by atoms with Gasteiger partial charge in [0.2, 0.25) is 0 Å². The first-order valence-corrected chi connectivity index (χ1v) is 2.81. The molecule has 0 amide bonds. The van der Waals surface area contributed by atoms with Gasteiger partial charge in [-0.15, -0.1) is 0 Å². The van der Waals surface area contributed by atoms with Crippen molar-refractivity contribution in [1.82, 2.24) is 5.32 Å². The molecule has 0 radical (unpaired) electrons. The van der Waals surface area contributed by atoms with Gasteiger partial charge in [-0.1, -0.05) is 0 Å². The lowest BCUT2D eigenvalue weighted by Gasteiger charge is -2.13. The van der Waals surface area contributed by atoms with Crippen molar-refractivity contribution >= 4 is 0 Å². The Morgan fingerprint density at radius 2 is 1.86 bits per heavy atom. The fourth-order valence-corrected chi connectivity index (χ4v) is 0.822. The van der Waals surface area contributed by atoms with Crippen molar-refractivity contribution in [3.63, 3.8) is 0 Å². The van der Waals surface area contributed by atoms with E-state index in [-0.39, 0.29) is 6.10 Å². The minimum atomic E-state index is 0.223. The number of nitrogens with one attached hydrogen (secondary N) is 1. The molecule has 7 heavy (non-hydrogen) atoms. The summed E-state index contributed by atoms with van der Waals surface area (Å²) in [5.41, 5.74) is 0. The summed E-state index contributed by atoms with van der Waals surface area (Å²) >= 11 is 0. The van der Waals surface area contributed by atoms with E-state index < -0.39 is 0 Å².